The lowest BCUT2D eigenvalue weighted by Gasteiger charge is -2.35. The van der Waals surface area contributed by atoms with Crippen LogP contribution >= 0.6 is 0 Å². The van der Waals surface area contributed by atoms with Gasteiger partial charge in [0.25, 0.3) is 0 Å². The molecule has 3 N–H and O–H groups in total. The molecular weight excluding hydrogens is 262 g/mol. The van der Waals surface area contributed by atoms with Gasteiger partial charge in [0.15, 0.2) is 0 Å². The van der Waals surface area contributed by atoms with Gasteiger partial charge in [-0.05, 0) is 42.9 Å². The van der Waals surface area contributed by atoms with Crippen molar-refractivity contribution < 1.29 is 4.79 Å². The van der Waals surface area contributed by atoms with Crippen LogP contribution in [0.4, 0.5) is 0 Å². The fourth-order valence-electron chi connectivity index (χ4n) is 3.49. The number of nitrogens with one attached hydrogen (secondary N) is 1. The summed E-state index contributed by atoms with van der Waals surface area (Å²) in [5.74, 6) is 0.222. The van der Waals surface area contributed by atoms with Crippen molar-refractivity contribution in [1.29, 1.82) is 0 Å². The van der Waals surface area contributed by atoms with E-state index >= 15 is 0 Å². The van der Waals surface area contributed by atoms with Gasteiger partial charge in [-0.1, -0.05) is 31.2 Å². The van der Waals surface area contributed by atoms with Gasteiger partial charge in [0, 0.05) is 19.6 Å². The Hall–Kier alpha value is -1.39. The van der Waals surface area contributed by atoms with Crippen molar-refractivity contribution in [1.82, 2.24) is 10.2 Å². The lowest BCUT2D eigenvalue weighted by Crippen LogP contribution is -2.62. The van der Waals surface area contributed by atoms with Gasteiger partial charge in [0.1, 0.15) is 5.54 Å². The molecule has 1 saturated carbocycles. The van der Waals surface area contributed by atoms with Crippen LogP contribution in [-0.2, 0) is 17.9 Å². The SMILES string of the molecule is CCCNC(CN1Cc2ccccc2C1)(C(N)=O)C1CC1. The van der Waals surface area contributed by atoms with Gasteiger partial charge < -0.3 is 11.1 Å². The lowest BCUT2D eigenvalue weighted by atomic mass is 9.91. The first-order valence-corrected chi connectivity index (χ1v) is 8.00. The van der Waals surface area contributed by atoms with Crippen LogP contribution in [0, 0.1) is 5.92 Å². The van der Waals surface area contributed by atoms with Crippen molar-refractivity contribution in [3.63, 3.8) is 0 Å². The largest absolute Gasteiger partial charge is 0.368 e. The Kier molecular flexibility index (Phi) is 4.00. The van der Waals surface area contributed by atoms with Crippen LogP contribution in [0.3, 0.4) is 0 Å². The smallest absolute Gasteiger partial charge is 0.239 e. The summed E-state index contributed by atoms with van der Waals surface area (Å²) in [6.07, 6.45) is 3.24. The molecule has 0 spiro atoms. The zero-order valence-corrected chi connectivity index (χ0v) is 12.8. The van der Waals surface area contributed by atoms with E-state index in [4.69, 9.17) is 5.73 Å². The first-order valence-electron chi connectivity index (χ1n) is 8.00. The molecule has 1 unspecified atom stereocenters. The fourth-order valence-corrected chi connectivity index (χ4v) is 3.49. The molecule has 1 amide bonds. The van der Waals surface area contributed by atoms with E-state index in [1.165, 1.54) is 11.1 Å². The summed E-state index contributed by atoms with van der Waals surface area (Å²) >= 11 is 0. The first kappa shape index (κ1) is 14.5. The normalized spacial score (nSPS) is 21.0. The summed E-state index contributed by atoms with van der Waals surface area (Å²) in [5, 5.41) is 3.48. The summed E-state index contributed by atoms with van der Waals surface area (Å²) < 4.78 is 0. The van der Waals surface area contributed by atoms with Gasteiger partial charge in [-0.2, -0.15) is 0 Å². The van der Waals surface area contributed by atoms with Crippen LogP contribution in [0.5, 0.6) is 0 Å². The van der Waals surface area contributed by atoms with Gasteiger partial charge in [-0.15, -0.1) is 0 Å². The second-order valence-electron chi connectivity index (χ2n) is 6.45. The molecule has 1 heterocycles. The molecule has 114 valence electrons. The zero-order chi connectivity index (χ0) is 14.9. The molecule has 1 fully saturated rings. The van der Waals surface area contributed by atoms with E-state index in [-0.39, 0.29) is 5.91 Å². The molecule has 1 aliphatic heterocycles. The second-order valence-corrected chi connectivity index (χ2v) is 6.45. The van der Waals surface area contributed by atoms with Crippen molar-refractivity contribution in [2.75, 3.05) is 13.1 Å². The van der Waals surface area contributed by atoms with Gasteiger partial charge in [0.05, 0.1) is 0 Å². The fraction of sp³-hybridized carbons (Fsp3) is 0.588. The minimum atomic E-state index is -0.544. The van der Waals surface area contributed by atoms with E-state index in [9.17, 15) is 4.79 Å². The maximum Gasteiger partial charge on any atom is 0.239 e. The second kappa shape index (κ2) is 5.78. The van der Waals surface area contributed by atoms with Crippen molar-refractivity contribution in [3.05, 3.63) is 35.4 Å². The molecule has 0 saturated heterocycles. The molecule has 0 radical (unpaired) electrons. The van der Waals surface area contributed by atoms with Crippen LogP contribution in [0.2, 0.25) is 0 Å². The molecule has 3 rings (SSSR count). The van der Waals surface area contributed by atoms with E-state index in [2.05, 4.69) is 41.4 Å². The number of nitrogens with zero attached hydrogens (tertiary/aromatic N) is 1. The van der Waals surface area contributed by atoms with E-state index in [0.717, 1.165) is 45.4 Å². The predicted molar refractivity (Wildman–Crippen MR) is 83.5 cm³/mol. The first-order chi connectivity index (χ1) is 10.2. The molecule has 0 aromatic heterocycles. The number of rotatable bonds is 7. The Morgan fingerprint density at radius 3 is 2.43 bits per heavy atom. The minimum Gasteiger partial charge on any atom is -0.368 e. The number of amides is 1. The van der Waals surface area contributed by atoms with Gasteiger partial charge >= 0.3 is 0 Å². The third kappa shape index (κ3) is 2.83. The number of carbonyl (C=O) groups excluding carboxylic acids is 1. The van der Waals surface area contributed by atoms with Crippen LogP contribution in [0.25, 0.3) is 0 Å². The predicted octanol–water partition coefficient (Wildman–Crippen LogP) is 1.64. The highest BCUT2D eigenvalue weighted by Gasteiger charge is 2.50. The molecule has 1 atom stereocenters. The molecule has 21 heavy (non-hydrogen) atoms. The average Bonchev–Trinajstić information content (AvgIpc) is 3.23. The van der Waals surface area contributed by atoms with Gasteiger partial charge in [-0.25, -0.2) is 0 Å². The molecule has 2 aliphatic rings. The Bertz CT molecular complexity index is 502. The monoisotopic (exact) mass is 287 g/mol. The summed E-state index contributed by atoms with van der Waals surface area (Å²) in [4.78, 5) is 14.6. The molecule has 4 nitrogen and oxygen atoms in total. The Balaban J connectivity index is 1.75. The molecule has 4 heteroatoms. The molecular formula is C17H25N3O. The number of benzene rings is 1. The number of hydrogen-bond acceptors (Lipinski definition) is 3. The Labute approximate surface area is 126 Å². The van der Waals surface area contributed by atoms with Crippen LogP contribution in [0.1, 0.15) is 37.3 Å². The standard InChI is InChI=1S/C17H25N3O/c1-2-9-19-17(16(18)21,15-7-8-15)12-20-10-13-5-3-4-6-14(13)11-20/h3-6,15,19H,2,7-12H2,1H3,(H2,18,21). The highest BCUT2D eigenvalue weighted by molar-refractivity contribution is 5.86. The number of carbonyl (C=O) groups is 1. The summed E-state index contributed by atoms with van der Waals surface area (Å²) in [5.41, 5.74) is 8.02. The minimum absolute atomic E-state index is 0.186. The Morgan fingerprint density at radius 1 is 1.33 bits per heavy atom. The van der Waals surface area contributed by atoms with Crippen molar-refractivity contribution >= 4 is 5.91 Å². The van der Waals surface area contributed by atoms with Crippen LogP contribution in [0.15, 0.2) is 24.3 Å². The molecule has 1 aromatic rings. The third-order valence-corrected chi connectivity index (χ3v) is 4.78. The van der Waals surface area contributed by atoms with Gasteiger partial charge in [-0.3, -0.25) is 9.69 Å². The van der Waals surface area contributed by atoms with Crippen LogP contribution < -0.4 is 11.1 Å². The van der Waals surface area contributed by atoms with E-state index in [1.807, 2.05) is 0 Å². The van der Waals surface area contributed by atoms with Crippen molar-refractivity contribution in [3.8, 4) is 0 Å². The van der Waals surface area contributed by atoms with Crippen LogP contribution in [-0.4, -0.2) is 29.4 Å². The molecule has 1 aliphatic carbocycles. The van der Waals surface area contributed by atoms with E-state index < -0.39 is 5.54 Å². The highest BCUT2D eigenvalue weighted by Crippen LogP contribution is 2.41. The number of hydrogen-bond donors (Lipinski definition) is 2. The Morgan fingerprint density at radius 2 is 1.95 bits per heavy atom. The lowest BCUT2D eigenvalue weighted by molar-refractivity contribution is -0.126. The number of fused-ring (bicyclic) bond motifs is 1. The number of nitrogens with two attached hydrogens (primary N) is 1. The molecule has 0 bridgehead atoms. The number of primary amides is 1. The van der Waals surface area contributed by atoms with Gasteiger partial charge in [0.2, 0.25) is 5.91 Å². The van der Waals surface area contributed by atoms with E-state index in [1.54, 1.807) is 0 Å². The summed E-state index contributed by atoms with van der Waals surface area (Å²) in [6, 6.07) is 8.52. The summed E-state index contributed by atoms with van der Waals surface area (Å²) in [6.45, 7) is 5.54. The topological polar surface area (TPSA) is 58.4 Å². The maximum absolute atomic E-state index is 12.2. The summed E-state index contributed by atoms with van der Waals surface area (Å²) in [7, 11) is 0. The van der Waals surface area contributed by atoms with Crippen molar-refractivity contribution in [2.45, 2.75) is 44.8 Å². The third-order valence-electron chi connectivity index (χ3n) is 4.78. The van der Waals surface area contributed by atoms with Crippen molar-refractivity contribution in [2.24, 2.45) is 11.7 Å². The zero-order valence-electron chi connectivity index (χ0n) is 12.8. The highest BCUT2D eigenvalue weighted by atomic mass is 16.1. The average molecular weight is 287 g/mol. The quantitative estimate of drug-likeness (QED) is 0.801. The van der Waals surface area contributed by atoms with E-state index in [0.29, 0.717) is 5.92 Å². The maximum atomic E-state index is 12.2. The molecule has 1 aromatic carbocycles.